The van der Waals surface area contributed by atoms with E-state index in [2.05, 4.69) is 11.9 Å². The van der Waals surface area contributed by atoms with Crippen molar-refractivity contribution in [2.45, 2.75) is 6.04 Å². The van der Waals surface area contributed by atoms with Gasteiger partial charge in [-0.15, -0.1) is 11.3 Å². The van der Waals surface area contributed by atoms with Gasteiger partial charge < -0.3 is 15.5 Å². The molecule has 1 fully saturated rings. The molecule has 98 valence electrons. The average molecular weight is 265 g/mol. The standard InChI is InChI=1S/C13H19N3OS/c1-15-6-7-16(11(9-14)10-15)13(17)5-4-12-3-2-8-18-12/h2-5,8,11H,6-7,9-10,14H2,1H3/b5-4+. The molecule has 1 unspecified atom stereocenters. The number of rotatable bonds is 3. The van der Waals surface area contributed by atoms with Gasteiger partial charge in [-0.05, 0) is 24.6 Å². The van der Waals surface area contributed by atoms with E-state index in [0.29, 0.717) is 6.54 Å². The number of carbonyl (C=O) groups excluding carboxylic acids is 1. The van der Waals surface area contributed by atoms with Gasteiger partial charge >= 0.3 is 0 Å². The minimum Gasteiger partial charge on any atom is -0.332 e. The molecule has 0 bridgehead atoms. The number of carbonyl (C=O) groups is 1. The van der Waals surface area contributed by atoms with Gasteiger partial charge in [0.15, 0.2) is 0 Å². The van der Waals surface area contributed by atoms with Crippen molar-refractivity contribution in [1.29, 1.82) is 0 Å². The second-order valence-electron chi connectivity index (χ2n) is 4.53. The summed E-state index contributed by atoms with van der Waals surface area (Å²) in [6.07, 6.45) is 3.53. The molecule has 0 aliphatic carbocycles. The molecule has 0 aromatic carbocycles. The lowest BCUT2D eigenvalue weighted by atomic mass is 10.1. The van der Waals surface area contributed by atoms with Gasteiger partial charge in [0.05, 0.1) is 6.04 Å². The van der Waals surface area contributed by atoms with E-state index in [4.69, 9.17) is 5.73 Å². The largest absolute Gasteiger partial charge is 0.332 e. The van der Waals surface area contributed by atoms with Gasteiger partial charge in [0.2, 0.25) is 5.91 Å². The van der Waals surface area contributed by atoms with E-state index in [1.54, 1.807) is 17.4 Å². The highest BCUT2D eigenvalue weighted by Crippen LogP contribution is 2.12. The summed E-state index contributed by atoms with van der Waals surface area (Å²) in [5.41, 5.74) is 5.74. The lowest BCUT2D eigenvalue weighted by Gasteiger charge is -2.39. The summed E-state index contributed by atoms with van der Waals surface area (Å²) < 4.78 is 0. The smallest absolute Gasteiger partial charge is 0.246 e. The van der Waals surface area contributed by atoms with Gasteiger partial charge in [0.25, 0.3) is 0 Å². The Labute approximate surface area is 112 Å². The fraction of sp³-hybridized carbons (Fsp3) is 0.462. The first-order valence-electron chi connectivity index (χ1n) is 6.11. The predicted octanol–water partition coefficient (Wildman–Crippen LogP) is 0.863. The molecule has 2 rings (SSSR count). The van der Waals surface area contributed by atoms with Gasteiger partial charge in [-0.1, -0.05) is 6.07 Å². The second-order valence-corrected chi connectivity index (χ2v) is 5.51. The molecule has 5 heteroatoms. The molecule has 1 saturated heterocycles. The summed E-state index contributed by atoms with van der Waals surface area (Å²) >= 11 is 1.63. The number of piperazine rings is 1. The van der Waals surface area contributed by atoms with Crippen LogP contribution in [0.2, 0.25) is 0 Å². The Balaban J connectivity index is 1.99. The van der Waals surface area contributed by atoms with Crippen LogP contribution in [-0.4, -0.2) is 55.0 Å². The number of nitrogens with zero attached hydrogens (tertiary/aromatic N) is 2. The van der Waals surface area contributed by atoms with Crippen molar-refractivity contribution in [2.75, 3.05) is 33.2 Å². The summed E-state index contributed by atoms with van der Waals surface area (Å²) in [5.74, 6) is 0.0620. The minimum atomic E-state index is 0.0620. The third-order valence-corrected chi connectivity index (χ3v) is 4.01. The molecule has 2 heterocycles. The van der Waals surface area contributed by atoms with E-state index >= 15 is 0 Å². The van der Waals surface area contributed by atoms with E-state index in [1.165, 1.54) is 0 Å². The highest BCUT2D eigenvalue weighted by Gasteiger charge is 2.26. The highest BCUT2D eigenvalue weighted by molar-refractivity contribution is 7.10. The summed E-state index contributed by atoms with van der Waals surface area (Å²) in [7, 11) is 2.06. The highest BCUT2D eigenvalue weighted by atomic mass is 32.1. The Morgan fingerprint density at radius 2 is 2.44 bits per heavy atom. The number of likely N-dealkylation sites (N-methyl/N-ethyl adjacent to an activating group) is 1. The van der Waals surface area contributed by atoms with Crippen molar-refractivity contribution in [3.8, 4) is 0 Å². The average Bonchev–Trinajstić information content (AvgIpc) is 2.88. The van der Waals surface area contributed by atoms with E-state index in [0.717, 1.165) is 24.5 Å². The van der Waals surface area contributed by atoms with Crippen LogP contribution in [-0.2, 0) is 4.79 Å². The zero-order valence-corrected chi connectivity index (χ0v) is 11.4. The van der Waals surface area contributed by atoms with Crippen molar-refractivity contribution < 1.29 is 4.79 Å². The quantitative estimate of drug-likeness (QED) is 0.825. The number of amides is 1. The van der Waals surface area contributed by atoms with Crippen molar-refractivity contribution in [2.24, 2.45) is 5.73 Å². The maximum Gasteiger partial charge on any atom is 0.246 e. The second kappa shape index (κ2) is 6.13. The van der Waals surface area contributed by atoms with Crippen molar-refractivity contribution in [1.82, 2.24) is 9.80 Å². The van der Waals surface area contributed by atoms with Crippen LogP contribution in [0, 0.1) is 0 Å². The molecule has 0 radical (unpaired) electrons. The molecule has 0 spiro atoms. The van der Waals surface area contributed by atoms with Gasteiger partial charge in [-0.3, -0.25) is 4.79 Å². The lowest BCUT2D eigenvalue weighted by Crippen LogP contribution is -2.56. The summed E-state index contributed by atoms with van der Waals surface area (Å²) in [4.78, 5) is 17.3. The number of thiophene rings is 1. The maximum atomic E-state index is 12.1. The minimum absolute atomic E-state index is 0.0620. The fourth-order valence-corrected chi connectivity index (χ4v) is 2.76. The van der Waals surface area contributed by atoms with Crippen LogP contribution in [0.3, 0.4) is 0 Å². The fourth-order valence-electron chi connectivity index (χ4n) is 2.14. The Bertz CT molecular complexity index is 416. The first-order chi connectivity index (χ1) is 8.70. The molecule has 0 saturated carbocycles. The summed E-state index contributed by atoms with van der Waals surface area (Å²) in [6.45, 7) is 3.04. The normalized spacial score (nSPS) is 21.7. The van der Waals surface area contributed by atoms with Crippen LogP contribution in [0.1, 0.15) is 4.88 Å². The zero-order valence-electron chi connectivity index (χ0n) is 10.6. The molecular formula is C13H19N3OS. The van der Waals surface area contributed by atoms with Crippen LogP contribution in [0.5, 0.6) is 0 Å². The predicted molar refractivity (Wildman–Crippen MR) is 75.4 cm³/mol. The third kappa shape index (κ3) is 3.19. The lowest BCUT2D eigenvalue weighted by molar-refractivity contribution is -0.130. The van der Waals surface area contributed by atoms with Gasteiger partial charge in [0.1, 0.15) is 0 Å². The van der Waals surface area contributed by atoms with Crippen molar-refractivity contribution >= 4 is 23.3 Å². The third-order valence-electron chi connectivity index (χ3n) is 3.17. The van der Waals surface area contributed by atoms with Crippen molar-refractivity contribution in [3.63, 3.8) is 0 Å². The Hall–Kier alpha value is -1.17. The molecule has 1 amide bonds. The topological polar surface area (TPSA) is 49.6 Å². The van der Waals surface area contributed by atoms with E-state index < -0.39 is 0 Å². The molecule has 2 N–H and O–H groups in total. The first-order valence-corrected chi connectivity index (χ1v) is 6.99. The van der Waals surface area contributed by atoms with Gasteiger partial charge in [0, 0.05) is 37.1 Å². The Kier molecular flexibility index (Phi) is 4.52. The first kappa shape index (κ1) is 13.3. The summed E-state index contributed by atoms with van der Waals surface area (Å²) in [5, 5.41) is 2.00. The van der Waals surface area contributed by atoms with Gasteiger partial charge in [-0.25, -0.2) is 0 Å². The molecule has 18 heavy (non-hydrogen) atoms. The number of hydrogen-bond donors (Lipinski definition) is 1. The zero-order chi connectivity index (χ0) is 13.0. The molecule has 1 aliphatic heterocycles. The number of hydrogen-bond acceptors (Lipinski definition) is 4. The van der Waals surface area contributed by atoms with Crippen LogP contribution in [0.25, 0.3) is 6.08 Å². The Morgan fingerprint density at radius 3 is 3.11 bits per heavy atom. The van der Waals surface area contributed by atoms with Gasteiger partial charge in [-0.2, -0.15) is 0 Å². The molecule has 1 aromatic rings. The van der Waals surface area contributed by atoms with Crippen LogP contribution in [0.15, 0.2) is 23.6 Å². The monoisotopic (exact) mass is 265 g/mol. The molecular weight excluding hydrogens is 246 g/mol. The molecule has 1 atom stereocenters. The SMILES string of the molecule is CN1CCN(C(=O)/C=C/c2cccs2)C(CN)C1. The molecule has 1 aliphatic rings. The Morgan fingerprint density at radius 1 is 1.61 bits per heavy atom. The molecule has 4 nitrogen and oxygen atoms in total. The maximum absolute atomic E-state index is 12.1. The van der Waals surface area contributed by atoms with Crippen LogP contribution in [0.4, 0.5) is 0 Å². The van der Waals surface area contributed by atoms with E-state index in [-0.39, 0.29) is 11.9 Å². The number of nitrogens with two attached hydrogens (primary N) is 1. The van der Waals surface area contributed by atoms with E-state index in [9.17, 15) is 4.79 Å². The van der Waals surface area contributed by atoms with Crippen LogP contribution >= 0.6 is 11.3 Å². The van der Waals surface area contributed by atoms with Crippen molar-refractivity contribution in [3.05, 3.63) is 28.5 Å². The van der Waals surface area contributed by atoms with Crippen LogP contribution < -0.4 is 5.73 Å². The molecule has 1 aromatic heterocycles. The summed E-state index contributed by atoms with van der Waals surface area (Å²) in [6, 6.07) is 4.11. The van der Waals surface area contributed by atoms with E-state index in [1.807, 2.05) is 28.5 Å².